The van der Waals surface area contributed by atoms with Gasteiger partial charge in [-0.25, -0.2) is 0 Å². The van der Waals surface area contributed by atoms with E-state index in [1.807, 2.05) is 36.4 Å². The number of nitrogens with one attached hydrogen (secondary N) is 2. The molecule has 1 aromatic rings. The van der Waals surface area contributed by atoms with Crippen LogP contribution < -0.4 is 22.1 Å². The molecule has 0 fully saturated rings. The lowest BCUT2D eigenvalue weighted by atomic mass is 10.1. The smallest absolute Gasteiger partial charge is 0.241 e. The van der Waals surface area contributed by atoms with Gasteiger partial charge < -0.3 is 16.8 Å². The van der Waals surface area contributed by atoms with Gasteiger partial charge in [-0.3, -0.25) is 10.1 Å². The van der Waals surface area contributed by atoms with Crippen molar-refractivity contribution in [3.05, 3.63) is 59.7 Å². The zero-order valence-electron chi connectivity index (χ0n) is 12.7. The van der Waals surface area contributed by atoms with Crippen molar-refractivity contribution in [2.24, 2.45) is 11.5 Å². The summed E-state index contributed by atoms with van der Waals surface area (Å²) in [6.45, 7) is 1.09. The largest absolute Gasteiger partial charge is 0.353 e. The third-order valence-corrected chi connectivity index (χ3v) is 3.61. The van der Waals surface area contributed by atoms with Crippen molar-refractivity contribution in [1.29, 1.82) is 0 Å². The standard InChI is InChI=1S/C17H24N4O/c18-15(13-7-3-1-4-8-13)17(22)21-12-11-20-16(19)14-9-5-2-6-10-14/h1,3-5,7-10,15-16,20H,2,6,11-12,18-19H2,(H,21,22). The Balaban J connectivity index is 1.69. The van der Waals surface area contributed by atoms with Gasteiger partial charge in [-0.05, 0) is 24.0 Å². The third-order valence-electron chi connectivity index (χ3n) is 3.61. The Labute approximate surface area is 131 Å². The van der Waals surface area contributed by atoms with E-state index in [1.54, 1.807) is 0 Å². The van der Waals surface area contributed by atoms with Crippen LogP contribution in [0.2, 0.25) is 0 Å². The lowest BCUT2D eigenvalue weighted by molar-refractivity contribution is -0.122. The first-order valence-electron chi connectivity index (χ1n) is 7.62. The van der Waals surface area contributed by atoms with E-state index in [2.05, 4.69) is 22.8 Å². The minimum atomic E-state index is -0.640. The number of hydrogen-bond donors (Lipinski definition) is 4. The predicted molar refractivity (Wildman–Crippen MR) is 88.8 cm³/mol. The highest BCUT2D eigenvalue weighted by molar-refractivity contribution is 5.82. The summed E-state index contributed by atoms with van der Waals surface area (Å²) in [5, 5.41) is 6.01. The molecule has 1 aliphatic carbocycles. The molecule has 0 aromatic heterocycles. The molecule has 0 spiro atoms. The van der Waals surface area contributed by atoms with Gasteiger partial charge in [0.2, 0.25) is 5.91 Å². The first kappa shape index (κ1) is 16.4. The molecule has 22 heavy (non-hydrogen) atoms. The SMILES string of the molecule is NC(NCCNC(=O)C(N)c1ccccc1)C1=CCCC=C1. The molecule has 0 saturated carbocycles. The zero-order chi connectivity index (χ0) is 15.8. The van der Waals surface area contributed by atoms with Crippen molar-refractivity contribution in [3.63, 3.8) is 0 Å². The number of allylic oxidation sites excluding steroid dienone is 2. The van der Waals surface area contributed by atoms with E-state index in [4.69, 9.17) is 11.5 Å². The van der Waals surface area contributed by atoms with Gasteiger partial charge in [0, 0.05) is 13.1 Å². The Morgan fingerprint density at radius 1 is 1.14 bits per heavy atom. The van der Waals surface area contributed by atoms with E-state index < -0.39 is 6.04 Å². The first-order chi connectivity index (χ1) is 10.7. The second-order valence-corrected chi connectivity index (χ2v) is 5.30. The first-order valence-corrected chi connectivity index (χ1v) is 7.62. The molecule has 0 bridgehead atoms. The summed E-state index contributed by atoms with van der Waals surface area (Å²) in [6.07, 6.45) is 8.22. The Hall–Kier alpha value is -1.95. The van der Waals surface area contributed by atoms with E-state index in [0.717, 1.165) is 24.0 Å². The maximum atomic E-state index is 12.0. The number of nitrogens with two attached hydrogens (primary N) is 2. The molecule has 118 valence electrons. The summed E-state index contributed by atoms with van der Waals surface area (Å²) < 4.78 is 0. The van der Waals surface area contributed by atoms with Crippen LogP contribution in [0.5, 0.6) is 0 Å². The van der Waals surface area contributed by atoms with Crippen molar-refractivity contribution >= 4 is 5.91 Å². The Morgan fingerprint density at radius 3 is 2.59 bits per heavy atom. The van der Waals surface area contributed by atoms with E-state index in [1.165, 1.54) is 0 Å². The molecule has 1 amide bonds. The lowest BCUT2D eigenvalue weighted by Crippen LogP contribution is -2.44. The minimum absolute atomic E-state index is 0.182. The molecule has 0 saturated heterocycles. The molecule has 1 aromatic carbocycles. The van der Waals surface area contributed by atoms with Gasteiger partial charge in [-0.2, -0.15) is 0 Å². The maximum absolute atomic E-state index is 12.0. The highest BCUT2D eigenvalue weighted by Crippen LogP contribution is 2.11. The predicted octanol–water partition coefficient (Wildman–Crippen LogP) is 0.953. The van der Waals surface area contributed by atoms with Crippen molar-refractivity contribution in [1.82, 2.24) is 10.6 Å². The van der Waals surface area contributed by atoms with Crippen LogP contribution in [-0.4, -0.2) is 25.2 Å². The van der Waals surface area contributed by atoms with Crippen molar-refractivity contribution in [3.8, 4) is 0 Å². The third kappa shape index (κ3) is 4.80. The van der Waals surface area contributed by atoms with Crippen molar-refractivity contribution in [2.75, 3.05) is 13.1 Å². The molecule has 0 aliphatic heterocycles. The van der Waals surface area contributed by atoms with Crippen LogP contribution in [0.25, 0.3) is 0 Å². The van der Waals surface area contributed by atoms with Crippen LogP contribution in [0, 0.1) is 0 Å². The molecular formula is C17H24N4O. The molecule has 0 radical (unpaired) electrons. The van der Waals surface area contributed by atoms with Gasteiger partial charge in [0.1, 0.15) is 6.04 Å². The Morgan fingerprint density at radius 2 is 1.91 bits per heavy atom. The Bertz CT molecular complexity index is 539. The molecule has 2 atom stereocenters. The van der Waals surface area contributed by atoms with Crippen LogP contribution in [0.15, 0.2) is 54.1 Å². The number of benzene rings is 1. The number of rotatable bonds is 7. The maximum Gasteiger partial charge on any atom is 0.241 e. The van der Waals surface area contributed by atoms with E-state index in [9.17, 15) is 4.79 Å². The molecule has 2 rings (SSSR count). The van der Waals surface area contributed by atoms with E-state index in [0.29, 0.717) is 13.1 Å². The normalized spacial score (nSPS) is 16.7. The van der Waals surface area contributed by atoms with Crippen LogP contribution in [0.3, 0.4) is 0 Å². The molecule has 2 unspecified atom stereocenters. The summed E-state index contributed by atoms with van der Waals surface area (Å²) in [4.78, 5) is 12.0. The van der Waals surface area contributed by atoms with E-state index in [-0.39, 0.29) is 12.1 Å². The average molecular weight is 300 g/mol. The summed E-state index contributed by atoms with van der Waals surface area (Å²) in [5.74, 6) is -0.182. The quantitative estimate of drug-likeness (QED) is 0.445. The summed E-state index contributed by atoms with van der Waals surface area (Å²) >= 11 is 0. The second kappa shape index (κ2) is 8.48. The van der Waals surface area contributed by atoms with Gasteiger partial charge in [0.15, 0.2) is 0 Å². The monoisotopic (exact) mass is 300 g/mol. The van der Waals surface area contributed by atoms with Crippen LogP contribution in [0.4, 0.5) is 0 Å². The molecule has 6 N–H and O–H groups in total. The number of carbonyl (C=O) groups excluding carboxylic acids is 1. The Kier molecular flexibility index (Phi) is 6.33. The fraction of sp³-hybridized carbons (Fsp3) is 0.353. The molecule has 5 nitrogen and oxygen atoms in total. The highest BCUT2D eigenvalue weighted by Gasteiger charge is 2.14. The number of hydrogen-bond acceptors (Lipinski definition) is 4. The van der Waals surface area contributed by atoms with Gasteiger partial charge >= 0.3 is 0 Å². The zero-order valence-corrected chi connectivity index (χ0v) is 12.7. The second-order valence-electron chi connectivity index (χ2n) is 5.30. The summed E-state index contributed by atoms with van der Waals surface area (Å²) in [6, 6.07) is 8.69. The number of carbonyl (C=O) groups is 1. The van der Waals surface area contributed by atoms with Gasteiger partial charge in [-0.15, -0.1) is 0 Å². The molecule has 5 heteroatoms. The van der Waals surface area contributed by atoms with Gasteiger partial charge in [0.25, 0.3) is 0 Å². The average Bonchev–Trinajstić information content (AvgIpc) is 2.59. The fourth-order valence-electron chi connectivity index (χ4n) is 2.32. The molecular weight excluding hydrogens is 276 g/mol. The van der Waals surface area contributed by atoms with Gasteiger partial charge in [0.05, 0.1) is 6.17 Å². The fourth-order valence-corrected chi connectivity index (χ4v) is 2.32. The van der Waals surface area contributed by atoms with Crippen LogP contribution >= 0.6 is 0 Å². The van der Waals surface area contributed by atoms with E-state index >= 15 is 0 Å². The van der Waals surface area contributed by atoms with Crippen LogP contribution in [0.1, 0.15) is 24.4 Å². The van der Waals surface area contributed by atoms with Gasteiger partial charge in [-0.1, -0.05) is 48.6 Å². The highest BCUT2D eigenvalue weighted by atomic mass is 16.2. The summed E-state index contributed by atoms with van der Waals surface area (Å²) in [5.41, 5.74) is 13.9. The summed E-state index contributed by atoms with van der Waals surface area (Å²) in [7, 11) is 0. The number of amides is 1. The minimum Gasteiger partial charge on any atom is -0.353 e. The lowest BCUT2D eigenvalue weighted by Gasteiger charge is -2.18. The van der Waals surface area contributed by atoms with Crippen molar-refractivity contribution < 1.29 is 4.79 Å². The molecule has 1 aliphatic rings. The topological polar surface area (TPSA) is 93.2 Å². The molecule has 0 heterocycles. The van der Waals surface area contributed by atoms with Crippen molar-refractivity contribution in [2.45, 2.75) is 25.0 Å². The van der Waals surface area contributed by atoms with Crippen LogP contribution in [-0.2, 0) is 4.79 Å².